The molecule has 4 rings (SSSR count). The summed E-state index contributed by atoms with van der Waals surface area (Å²) >= 11 is 0. The van der Waals surface area contributed by atoms with Crippen molar-refractivity contribution < 1.29 is 29.3 Å². The van der Waals surface area contributed by atoms with Gasteiger partial charge in [-0.25, -0.2) is 0 Å². The van der Waals surface area contributed by atoms with Crippen LogP contribution in [0.1, 0.15) is 48.2 Å². The highest BCUT2D eigenvalue weighted by atomic mass is 16.5. The van der Waals surface area contributed by atoms with Crippen LogP contribution < -0.4 is 9.47 Å². The molecule has 1 fully saturated rings. The lowest BCUT2D eigenvalue weighted by molar-refractivity contribution is -0.150. The molecule has 166 valence electrons. The highest BCUT2D eigenvalue weighted by Crippen LogP contribution is 2.50. The quantitative estimate of drug-likeness (QED) is 0.503. The Morgan fingerprint density at radius 1 is 1.22 bits per heavy atom. The summed E-state index contributed by atoms with van der Waals surface area (Å²) in [6, 6.07) is 10.7. The van der Waals surface area contributed by atoms with Crippen molar-refractivity contribution in [3.8, 4) is 17.2 Å². The van der Waals surface area contributed by atoms with Crippen molar-refractivity contribution in [3.63, 3.8) is 0 Å². The molecule has 0 amide bonds. The minimum Gasteiger partial charge on any atom is -0.506 e. The molecule has 1 aliphatic carbocycles. The van der Waals surface area contributed by atoms with Crippen molar-refractivity contribution in [1.29, 1.82) is 0 Å². The second kappa shape index (κ2) is 7.86. The zero-order chi connectivity index (χ0) is 23.1. The van der Waals surface area contributed by atoms with Crippen LogP contribution in [0.2, 0.25) is 0 Å². The molecule has 2 atom stereocenters. The van der Waals surface area contributed by atoms with E-state index in [0.717, 1.165) is 5.56 Å². The van der Waals surface area contributed by atoms with Gasteiger partial charge in [0.15, 0.2) is 5.78 Å². The van der Waals surface area contributed by atoms with Gasteiger partial charge in [-0.05, 0) is 56.4 Å². The van der Waals surface area contributed by atoms with Crippen LogP contribution in [0.15, 0.2) is 54.6 Å². The molecule has 2 N–H and O–H groups in total. The molecule has 1 saturated carbocycles. The summed E-state index contributed by atoms with van der Waals surface area (Å²) in [5.74, 6) is -1.29. The first kappa shape index (κ1) is 21.7. The fourth-order valence-electron chi connectivity index (χ4n) is 4.51. The van der Waals surface area contributed by atoms with Crippen LogP contribution in [0.3, 0.4) is 0 Å². The van der Waals surface area contributed by atoms with E-state index in [0.29, 0.717) is 24.2 Å². The standard InChI is InChI=1S/C26H26O6/c1-25(2)13-12-18-20(32-25)15-21(31-3)22(23(18)28)19(27)10-9-17-11-14-26(17,24(29)30)16-7-5-4-6-8-16/h4-10,12-13,15,17,28H,11,14H2,1-3H3,(H,29,30). The number of ketones is 1. The van der Waals surface area contributed by atoms with Gasteiger partial charge in [-0.15, -0.1) is 0 Å². The number of carbonyl (C=O) groups excluding carboxylic acids is 1. The van der Waals surface area contributed by atoms with Gasteiger partial charge in [-0.2, -0.15) is 0 Å². The predicted octanol–water partition coefficient (Wildman–Crippen LogP) is 4.76. The summed E-state index contributed by atoms with van der Waals surface area (Å²) in [5.41, 5.74) is -0.440. The summed E-state index contributed by atoms with van der Waals surface area (Å²) in [7, 11) is 1.42. The lowest BCUT2D eigenvalue weighted by Crippen LogP contribution is -2.50. The van der Waals surface area contributed by atoms with Crippen molar-refractivity contribution in [2.24, 2.45) is 5.92 Å². The van der Waals surface area contributed by atoms with E-state index < -0.39 is 22.8 Å². The number of carbonyl (C=O) groups is 2. The number of benzene rings is 2. The number of ether oxygens (including phenoxy) is 2. The highest BCUT2D eigenvalue weighted by molar-refractivity contribution is 6.09. The Morgan fingerprint density at radius 3 is 2.53 bits per heavy atom. The number of carboxylic acids is 1. The van der Waals surface area contributed by atoms with Crippen molar-refractivity contribution in [2.45, 2.75) is 37.7 Å². The van der Waals surface area contributed by atoms with Gasteiger partial charge in [-0.1, -0.05) is 36.4 Å². The minimum absolute atomic E-state index is 0.0235. The number of phenols is 1. The Hall–Kier alpha value is -3.54. The molecule has 6 nitrogen and oxygen atoms in total. The van der Waals surface area contributed by atoms with Crippen LogP contribution >= 0.6 is 0 Å². The first-order valence-corrected chi connectivity index (χ1v) is 10.5. The molecular weight excluding hydrogens is 408 g/mol. The minimum atomic E-state index is -1.05. The molecule has 1 heterocycles. The third kappa shape index (κ3) is 3.45. The van der Waals surface area contributed by atoms with Gasteiger partial charge < -0.3 is 19.7 Å². The third-order valence-electron chi connectivity index (χ3n) is 6.39. The van der Waals surface area contributed by atoms with Crippen LogP contribution in [0.25, 0.3) is 6.08 Å². The molecule has 0 radical (unpaired) electrons. The fraction of sp³-hybridized carbons (Fsp3) is 0.308. The topological polar surface area (TPSA) is 93.1 Å². The van der Waals surface area contributed by atoms with Gasteiger partial charge in [0, 0.05) is 6.07 Å². The molecule has 2 aromatic rings. The van der Waals surface area contributed by atoms with Gasteiger partial charge in [-0.3, -0.25) is 9.59 Å². The molecule has 2 aliphatic rings. The van der Waals surface area contributed by atoms with E-state index in [2.05, 4.69) is 0 Å². The van der Waals surface area contributed by atoms with E-state index in [9.17, 15) is 19.8 Å². The van der Waals surface area contributed by atoms with E-state index in [-0.39, 0.29) is 23.0 Å². The molecule has 32 heavy (non-hydrogen) atoms. The Morgan fingerprint density at radius 2 is 1.94 bits per heavy atom. The summed E-state index contributed by atoms with van der Waals surface area (Å²) in [5, 5.41) is 20.8. The monoisotopic (exact) mass is 434 g/mol. The van der Waals surface area contributed by atoms with Gasteiger partial charge in [0.2, 0.25) is 0 Å². The number of fused-ring (bicyclic) bond motifs is 1. The SMILES string of the molecule is COc1cc2c(c(O)c1C(=O)C=CC1CCC1(C(=O)O)c1ccccc1)C=CC(C)(C)O2. The second-order valence-electron chi connectivity index (χ2n) is 8.76. The summed E-state index contributed by atoms with van der Waals surface area (Å²) in [6.45, 7) is 3.77. The Bertz CT molecular complexity index is 1130. The summed E-state index contributed by atoms with van der Waals surface area (Å²) in [6.07, 6.45) is 7.67. The predicted molar refractivity (Wildman–Crippen MR) is 120 cm³/mol. The zero-order valence-electron chi connectivity index (χ0n) is 18.3. The maximum Gasteiger partial charge on any atom is 0.314 e. The third-order valence-corrected chi connectivity index (χ3v) is 6.39. The second-order valence-corrected chi connectivity index (χ2v) is 8.76. The number of allylic oxidation sites excluding steroid dienone is 2. The Labute approximate surface area is 186 Å². The molecule has 0 bridgehead atoms. The normalized spacial score (nSPS) is 23.2. The van der Waals surface area contributed by atoms with E-state index in [1.807, 2.05) is 44.2 Å². The van der Waals surface area contributed by atoms with Crippen molar-refractivity contribution >= 4 is 17.8 Å². The number of phenolic OH excluding ortho intramolecular Hbond substituents is 1. The van der Waals surface area contributed by atoms with Gasteiger partial charge in [0.05, 0.1) is 18.1 Å². The average Bonchev–Trinajstić information content (AvgIpc) is 2.72. The van der Waals surface area contributed by atoms with Crippen molar-refractivity contribution in [2.75, 3.05) is 7.11 Å². The van der Waals surface area contributed by atoms with Gasteiger partial charge >= 0.3 is 5.97 Å². The largest absolute Gasteiger partial charge is 0.506 e. The number of methoxy groups -OCH3 is 1. The van der Waals surface area contributed by atoms with Crippen LogP contribution in [0, 0.1) is 5.92 Å². The summed E-state index contributed by atoms with van der Waals surface area (Å²) < 4.78 is 11.2. The molecule has 2 unspecified atom stereocenters. The zero-order valence-corrected chi connectivity index (χ0v) is 18.3. The first-order valence-electron chi connectivity index (χ1n) is 10.5. The van der Waals surface area contributed by atoms with E-state index in [4.69, 9.17) is 9.47 Å². The van der Waals surface area contributed by atoms with Crippen molar-refractivity contribution in [3.05, 3.63) is 71.3 Å². The number of hydrogen-bond donors (Lipinski definition) is 2. The molecule has 0 saturated heterocycles. The molecular formula is C26H26O6. The molecule has 6 heteroatoms. The average molecular weight is 434 g/mol. The Balaban J connectivity index is 1.67. The Kier molecular flexibility index (Phi) is 5.33. The first-order chi connectivity index (χ1) is 15.2. The van der Waals surface area contributed by atoms with Crippen LogP contribution in [0.4, 0.5) is 0 Å². The molecule has 2 aromatic carbocycles. The number of rotatable bonds is 6. The smallest absolute Gasteiger partial charge is 0.314 e. The lowest BCUT2D eigenvalue weighted by Gasteiger charge is -2.45. The van der Waals surface area contributed by atoms with Crippen LogP contribution in [-0.2, 0) is 10.2 Å². The maximum absolute atomic E-state index is 13.1. The number of aliphatic carboxylic acids is 1. The maximum atomic E-state index is 13.1. The van der Waals surface area contributed by atoms with E-state index in [1.165, 1.54) is 13.2 Å². The highest BCUT2D eigenvalue weighted by Gasteiger charge is 2.53. The fourth-order valence-corrected chi connectivity index (χ4v) is 4.51. The number of carboxylic acid groups (broad SMARTS) is 1. The molecule has 1 aliphatic heterocycles. The summed E-state index contributed by atoms with van der Waals surface area (Å²) in [4.78, 5) is 25.3. The van der Waals surface area contributed by atoms with Gasteiger partial charge in [0.25, 0.3) is 0 Å². The number of hydrogen-bond acceptors (Lipinski definition) is 5. The van der Waals surface area contributed by atoms with E-state index >= 15 is 0 Å². The van der Waals surface area contributed by atoms with Crippen LogP contribution in [0.5, 0.6) is 17.2 Å². The molecule has 0 spiro atoms. The molecule has 0 aromatic heterocycles. The lowest BCUT2D eigenvalue weighted by atomic mass is 9.56. The van der Waals surface area contributed by atoms with Crippen molar-refractivity contribution in [1.82, 2.24) is 0 Å². The number of aromatic hydroxyl groups is 1. The van der Waals surface area contributed by atoms with Crippen LogP contribution in [-0.4, -0.2) is 34.7 Å². The van der Waals surface area contributed by atoms with E-state index in [1.54, 1.807) is 24.3 Å². The van der Waals surface area contributed by atoms with Gasteiger partial charge in [0.1, 0.15) is 28.4 Å².